The highest BCUT2D eigenvalue weighted by molar-refractivity contribution is 6.00. The average molecular weight is 450 g/mol. The summed E-state index contributed by atoms with van der Waals surface area (Å²) in [6.45, 7) is 8.20. The van der Waals surface area contributed by atoms with E-state index in [1.54, 1.807) is 0 Å². The Morgan fingerprint density at radius 3 is 2.67 bits per heavy atom. The van der Waals surface area contributed by atoms with E-state index >= 15 is 0 Å². The van der Waals surface area contributed by atoms with Crippen LogP contribution in [0, 0.1) is 5.41 Å². The van der Waals surface area contributed by atoms with Gasteiger partial charge in [-0.15, -0.1) is 0 Å². The molecule has 1 aliphatic carbocycles. The number of hydrogen-bond donors (Lipinski definition) is 0. The molecule has 1 aromatic heterocycles. The molecule has 1 aliphatic heterocycles. The number of hydrogen-bond acceptors (Lipinski definition) is 3. The van der Waals surface area contributed by atoms with Crippen LogP contribution in [0.3, 0.4) is 0 Å². The van der Waals surface area contributed by atoms with E-state index < -0.39 is 0 Å². The monoisotopic (exact) mass is 449 g/mol. The number of carbonyl (C=O) groups excluding carboxylic acids is 2. The minimum atomic E-state index is -0.0657. The molecule has 2 heterocycles. The summed E-state index contributed by atoms with van der Waals surface area (Å²) in [6.07, 6.45) is 9.26. The number of nitrogens with zero attached hydrogens (tertiary/aromatic N) is 3. The first-order valence-corrected chi connectivity index (χ1v) is 12.9. The lowest BCUT2D eigenvalue weighted by molar-refractivity contribution is -0.132. The largest absolute Gasteiger partial charge is 0.334 e. The van der Waals surface area contributed by atoms with Gasteiger partial charge in [0.05, 0.1) is 23.0 Å². The van der Waals surface area contributed by atoms with Crippen LogP contribution in [0.4, 0.5) is 0 Å². The molecule has 178 valence electrons. The lowest BCUT2D eigenvalue weighted by Crippen LogP contribution is -2.33. The number of aryl methyl sites for hydroxylation is 2. The van der Waals surface area contributed by atoms with Crippen LogP contribution in [0.25, 0.3) is 0 Å². The zero-order valence-electron chi connectivity index (χ0n) is 20.6. The molecule has 0 radical (unpaired) electrons. The van der Waals surface area contributed by atoms with Gasteiger partial charge in [-0.25, -0.2) is 0 Å². The molecule has 1 atom stereocenters. The Morgan fingerprint density at radius 2 is 1.91 bits per heavy atom. The molecule has 5 heteroatoms. The van der Waals surface area contributed by atoms with Gasteiger partial charge in [-0.3, -0.25) is 14.3 Å². The molecule has 5 nitrogen and oxygen atoms in total. The van der Waals surface area contributed by atoms with E-state index in [0.29, 0.717) is 12.8 Å². The second-order valence-corrected chi connectivity index (χ2v) is 10.7. The summed E-state index contributed by atoms with van der Waals surface area (Å²) in [4.78, 5) is 28.5. The molecule has 2 aromatic rings. The first-order valence-electron chi connectivity index (χ1n) is 12.9. The SMILES string of the molecule is CCCCCCn1nc([C@@H]2CCCN2C(=O)CCc2ccccc2)c2c1CC(C)(C)CC2=O. The molecule has 0 N–H and O–H groups in total. The normalized spacial score (nSPS) is 19.7. The summed E-state index contributed by atoms with van der Waals surface area (Å²) >= 11 is 0. The van der Waals surface area contributed by atoms with E-state index in [-0.39, 0.29) is 23.1 Å². The van der Waals surface area contributed by atoms with Gasteiger partial charge < -0.3 is 4.90 Å². The summed E-state index contributed by atoms with van der Waals surface area (Å²) in [7, 11) is 0. The van der Waals surface area contributed by atoms with Crippen molar-refractivity contribution in [1.82, 2.24) is 14.7 Å². The van der Waals surface area contributed by atoms with E-state index in [4.69, 9.17) is 5.10 Å². The van der Waals surface area contributed by atoms with Gasteiger partial charge in [0.25, 0.3) is 0 Å². The van der Waals surface area contributed by atoms with E-state index in [0.717, 1.165) is 62.1 Å². The van der Waals surface area contributed by atoms with Crippen molar-refractivity contribution in [2.24, 2.45) is 5.41 Å². The van der Waals surface area contributed by atoms with Gasteiger partial charge in [-0.1, -0.05) is 70.4 Å². The van der Waals surface area contributed by atoms with Crippen LogP contribution in [0.2, 0.25) is 0 Å². The van der Waals surface area contributed by atoms with Crippen molar-refractivity contribution >= 4 is 11.7 Å². The van der Waals surface area contributed by atoms with Crippen molar-refractivity contribution in [2.75, 3.05) is 6.54 Å². The number of aromatic nitrogens is 2. The average Bonchev–Trinajstić information content (AvgIpc) is 3.40. The van der Waals surface area contributed by atoms with Crippen molar-refractivity contribution in [3.8, 4) is 0 Å². The van der Waals surface area contributed by atoms with Crippen LogP contribution in [0.1, 0.15) is 105 Å². The zero-order chi connectivity index (χ0) is 23.4. The summed E-state index contributed by atoms with van der Waals surface area (Å²) < 4.78 is 2.12. The lowest BCUT2D eigenvalue weighted by atomic mass is 9.75. The Morgan fingerprint density at radius 1 is 1.12 bits per heavy atom. The summed E-state index contributed by atoms with van der Waals surface area (Å²) in [5.41, 5.74) is 3.95. The highest BCUT2D eigenvalue weighted by Crippen LogP contribution is 2.41. The Labute approximate surface area is 198 Å². The van der Waals surface area contributed by atoms with Gasteiger partial charge in [-0.2, -0.15) is 5.10 Å². The van der Waals surface area contributed by atoms with Crippen molar-refractivity contribution in [1.29, 1.82) is 0 Å². The number of likely N-dealkylation sites (tertiary alicyclic amines) is 1. The Balaban J connectivity index is 1.57. The fourth-order valence-electron chi connectivity index (χ4n) is 5.54. The first kappa shape index (κ1) is 23.7. The smallest absolute Gasteiger partial charge is 0.223 e. The van der Waals surface area contributed by atoms with E-state index in [1.807, 2.05) is 23.1 Å². The maximum Gasteiger partial charge on any atom is 0.223 e. The van der Waals surface area contributed by atoms with Crippen LogP contribution >= 0.6 is 0 Å². The van der Waals surface area contributed by atoms with Gasteiger partial charge >= 0.3 is 0 Å². The van der Waals surface area contributed by atoms with Crippen molar-refractivity contribution < 1.29 is 9.59 Å². The Kier molecular flexibility index (Phi) is 7.35. The third kappa shape index (κ3) is 5.39. The molecule has 1 fully saturated rings. The quantitative estimate of drug-likeness (QED) is 0.447. The molecule has 0 bridgehead atoms. The number of rotatable bonds is 9. The predicted octanol–water partition coefficient (Wildman–Crippen LogP) is 5.91. The number of ketones is 1. The van der Waals surface area contributed by atoms with Gasteiger partial charge in [-0.05, 0) is 43.1 Å². The fourth-order valence-corrected chi connectivity index (χ4v) is 5.54. The van der Waals surface area contributed by atoms with E-state index in [2.05, 4.69) is 37.6 Å². The van der Waals surface area contributed by atoms with Crippen LogP contribution < -0.4 is 0 Å². The van der Waals surface area contributed by atoms with Crippen LogP contribution in [0.15, 0.2) is 30.3 Å². The topological polar surface area (TPSA) is 55.2 Å². The second-order valence-electron chi connectivity index (χ2n) is 10.7. The summed E-state index contributed by atoms with van der Waals surface area (Å²) in [5.74, 6) is 0.385. The van der Waals surface area contributed by atoms with Crippen LogP contribution in [-0.2, 0) is 24.2 Å². The van der Waals surface area contributed by atoms with Crippen molar-refractivity contribution in [3.05, 3.63) is 52.8 Å². The molecular weight excluding hydrogens is 410 g/mol. The summed E-state index contributed by atoms with van der Waals surface area (Å²) in [5, 5.41) is 5.04. The third-order valence-electron chi connectivity index (χ3n) is 7.23. The van der Waals surface area contributed by atoms with Crippen LogP contribution in [0.5, 0.6) is 0 Å². The number of amides is 1. The molecule has 1 saturated heterocycles. The predicted molar refractivity (Wildman–Crippen MR) is 131 cm³/mol. The number of fused-ring (bicyclic) bond motifs is 1. The standard InChI is InChI=1S/C28H39N3O2/c1-4-5-6-10-18-31-23-19-28(2,3)20-24(32)26(23)27(29-31)22-14-11-17-30(22)25(33)16-15-21-12-8-7-9-13-21/h7-9,12-13,22H,4-6,10-11,14-20H2,1-3H3/t22-/m0/s1. The fraction of sp³-hybridized carbons (Fsp3) is 0.607. The summed E-state index contributed by atoms with van der Waals surface area (Å²) in [6, 6.07) is 10.1. The molecule has 4 rings (SSSR count). The molecule has 0 spiro atoms. The number of Topliss-reactive ketones (excluding diaryl/α,β-unsaturated/α-hetero) is 1. The van der Waals surface area contributed by atoms with Gasteiger partial charge in [0, 0.05) is 25.9 Å². The molecule has 2 aliphatic rings. The van der Waals surface area contributed by atoms with Crippen LogP contribution in [-0.4, -0.2) is 32.9 Å². The second kappa shape index (κ2) is 10.2. The number of carbonyl (C=O) groups is 2. The van der Waals surface area contributed by atoms with Gasteiger partial charge in [0.2, 0.25) is 5.91 Å². The third-order valence-corrected chi connectivity index (χ3v) is 7.23. The molecule has 0 unspecified atom stereocenters. The first-order chi connectivity index (χ1) is 15.9. The molecule has 1 aromatic carbocycles. The van der Waals surface area contributed by atoms with Gasteiger partial charge in [0.15, 0.2) is 5.78 Å². The maximum absolute atomic E-state index is 13.3. The molecule has 0 saturated carbocycles. The van der Waals surface area contributed by atoms with E-state index in [9.17, 15) is 9.59 Å². The van der Waals surface area contributed by atoms with Gasteiger partial charge in [0.1, 0.15) is 0 Å². The molecule has 33 heavy (non-hydrogen) atoms. The molecular formula is C28H39N3O2. The lowest BCUT2D eigenvalue weighted by Gasteiger charge is -2.30. The van der Waals surface area contributed by atoms with E-state index in [1.165, 1.54) is 24.8 Å². The van der Waals surface area contributed by atoms with Crippen molar-refractivity contribution in [2.45, 2.75) is 97.6 Å². The maximum atomic E-state index is 13.3. The Hall–Kier alpha value is -2.43. The number of benzene rings is 1. The molecule has 1 amide bonds. The minimum Gasteiger partial charge on any atom is -0.334 e. The minimum absolute atomic E-state index is 0.0383. The highest BCUT2D eigenvalue weighted by Gasteiger charge is 2.41. The number of unbranched alkanes of at least 4 members (excludes halogenated alkanes) is 3. The Bertz CT molecular complexity index is 977. The van der Waals surface area contributed by atoms with Crippen molar-refractivity contribution in [3.63, 3.8) is 0 Å². The highest BCUT2D eigenvalue weighted by atomic mass is 16.2. The zero-order valence-corrected chi connectivity index (χ0v) is 20.6.